The van der Waals surface area contributed by atoms with Crippen molar-refractivity contribution < 1.29 is 9.59 Å². The fraction of sp³-hybridized carbons (Fsp3) is 0.353. The SMILES string of the molecule is CC(=O)Nc1ccc(-c2csc(CCNC(=O)C3CC3)n2)cc1. The summed E-state index contributed by atoms with van der Waals surface area (Å²) in [5.74, 6) is 0.348. The number of amides is 2. The van der Waals surface area contributed by atoms with Gasteiger partial charge in [-0.25, -0.2) is 4.98 Å². The monoisotopic (exact) mass is 329 g/mol. The van der Waals surface area contributed by atoms with E-state index >= 15 is 0 Å². The van der Waals surface area contributed by atoms with Crippen molar-refractivity contribution in [3.05, 3.63) is 34.7 Å². The van der Waals surface area contributed by atoms with Gasteiger partial charge in [-0.3, -0.25) is 9.59 Å². The Bertz CT molecular complexity index is 705. The zero-order chi connectivity index (χ0) is 16.2. The van der Waals surface area contributed by atoms with Gasteiger partial charge in [-0.15, -0.1) is 11.3 Å². The van der Waals surface area contributed by atoms with Crippen molar-refractivity contribution in [2.45, 2.75) is 26.2 Å². The van der Waals surface area contributed by atoms with Crippen LogP contribution in [0.15, 0.2) is 29.6 Å². The van der Waals surface area contributed by atoms with E-state index in [1.54, 1.807) is 11.3 Å². The van der Waals surface area contributed by atoms with E-state index in [2.05, 4.69) is 15.6 Å². The highest BCUT2D eigenvalue weighted by molar-refractivity contribution is 7.09. The molecule has 1 aromatic carbocycles. The molecule has 6 heteroatoms. The van der Waals surface area contributed by atoms with E-state index < -0.39 is 0 Å². The molecule has 0 bridgehead atoms. The summed E-state index contributed by atoms with van der Waals surface area (Å²) in [7, 11) is 0. The van der Waals surface area contributed by atoms with E-state index in [9.17, 15) is 9.59 Å². The highest BCUT2D eigenvalue weighted by Gasteiger charge is 2.29. The van der Waals surface area contributed by atoms with Crippen molar-refractivity contribution in [3.8, 4) is 11.3 Å². The van der Waals surface area contributed by atoms with E-state index in [0.717, 1.165) is 41.2 Å². The van der Waals surface area contributed by atoms with Crippen LogP contribution < -0.4 is 10.6 Å². The Hall–Kier alpha value is -2.21. The van der Waals surface area contributed by atoms with Gasteiger partial charge in [-0.05, 0) is 25.0 Å². The van der Waals surface area contributed by atoms with Crippen molar-refractivity contribution in [3.63, 3.8) is 0 Å². The maximum Gasteiger partial charge on any atom is 0.223 e. The molecule has 1 heterocycles. The molecule has 3 rings (SSSR count). The third-order valence-electron chi connectivity index (χ3n) is 3.64. The van der Waals surface area contributed by atoms with Crippen LogP contribution in [0, 0.1) is 5.92 Å². The lowest BCUT2D eigenvalue weighted by Gasteiger charge is -2.03. The highest BCUT2D eigenvalue weighted by Crippen LogP contribution is 2.28. The van der Waals surface area contributed by atoms with Crippen molar-refractivity contribution >= 4 is 28.8 Å². The van der Waals surface area contributed by atoms with E-state index in [0.29, 0.717) is 6.54 Å². The van der Waals surface area contributed by atoms with Crippen molar-refractivity contribution in [2.24, 2.45) is 5.92 Å². The Morgan fingerprint density at radius 1 is 1.26 bits per heavy atom. The number of nitrogens with one attached hydrogen (secondary N) is 2. The number of anilines is 1. The molecule has 1 aromatic heterocycles. The maximum absolute atomic E-state index is 11.6. The number of benzene rings is 1. The fourth-order valence-corrected chi connectivity index (χ4v) is 3.08. The van der Waals surface area contributed by atoms with Gasteiger partial charge in [0.15, 0.2) is 0 Å². The second-order valence-corrected chi connectivity index (χ2v) is 6.64. The lowest BCUT2D eigenvalue weighted by atomic mass is 10.1. The summed E-state index contributed by atoms with van der Waals surface area (Å²) in [6.07, 6.45) is 2.82. The Balaban J connectivity index is 1.55. The predicted molar refractivity (Wildman–Crippen MR) is 91.3 cm³/mol. The molecule has 0 aliphatic heterocycles. The van der Waals surface area contributed by atoms with E-state index in [1.807, 2.05) is 29.6 Å². The lowest BCUT2D eigenvalue weighted by Crippen LogP contribution is -2.26. The molecular formula is C17H19N3O2S. The number of hydrogen-bond donors (Lipinski definition) is 2. The summed E-state index contributed by atoms with van der Waals surface area (Å²) in [5.41, 5.74) is 2.72. The molecule has 120 valence electrons. The topological polar surface area (TPSA) is 71.1 Å². The fourth-order valence-electron chi connectivity index (χ4n) is 2.27. The summed E-state index contributed by atoms with van der Waals surface area (Å²) in [5, 5.41) is 8.73. The molecule has 1 aliphatic rings. The summed E-state index contributed by atoms with van der Waals surface area (Å²) < 4.78 is 0. The molecule has 0 atom stereocenters. The van der Waals surface area contributed by atoms with Gasteiger partial charge in [0.1, 0.15) is 0 Å². The van der Waals surface area contributed by atoms with Crippen LogP contribution in [0.4, 0.5) is 5.69 Å². The summed E-state index contributed by atoms with van der Waals surface area (Å²) in [6.45, 7) is 2.13. The molecule has 0 unspecified atom stereocenters. The summed E-state index contributed by atoms with van der Waals surface area (Å²) in [6, 6.07) is 7.62. The minimum atomic E-state index is -0.0815. The van der Waals surface area contributed by atoms with E-state index in [-0.39, 0.29) is 17.7 Å². The molecule has 23 heavy (non-hydrogen) atoms. The largest absolute Gasteiger partial charge is 0.355 e. The average Bonchev–Trinajstić information content (AvgIpc) is 3.27. The second-order valence-electron chi connectivity index (χ2n) is 5.70. The van der Waals surface area contributed by atoms with Crippen LogP contribution in [-0.4, -0.2) is 23.3 Å². The molecule has 2 aromatic rings. The molecule has 5 nitrogen and oxygen atoms in total. The van der Waals surface area contributed by atoms with Gasteiger partial charge in [0.05, 0.1) is 10.7 Å². The number of thiazole rings is 1. The van der Waals surface area contributed by atoms with E-state index in [4.69, 9.17) is 0 Å². The predicted octanol–water partition coefficient (Wildman–Crippen LogP) is 2.84. The van der Waals surface area contributed by atoms with Gasteiger partial charge in [0, 0.05) is 42.4 Å². The highest BCUT2D eigenvalue weighted by atomic mass is 32.1. The molecule has 2 amide bonds. The Morgan fingerprint density at radius 2 is 2.00 bits per heavy atom. The molecule has 1 saturated carbocycles. The van der Waals surface area contributed by atoms with Crippen LogP contribution >= 0.6 is 11.3 Å². The third-order valence-corrected chi connectivity index (χ3v) is 4.55. The number of carbonyl (C=O) groups excluding carboxylic acids is 2. The van der Waals surface area contributed by atoms with Gasteiger partial charge >= 0.3 is 0 Å². The van der Waals surface area contributed by atoms with Gasteiger partial charge in [0.2, 0.25) is 11.8 Å². The van der Waals surface area contributed by atoms with Crippen LogP contribution in [-0.2, 0) is 16.0 Å². The average molecular weight is 329 g/mol. The van der Waals surface area contributed by atoms with Crippen LogP contribution in [0.1, 0.15) is 24.8 Å². The smallest absolute Gasteiger partial charge is 0.223 e. The van der Waals surface area contributed by atoms with Gasteiger partial charge < -0.3 is 10.6 Å². The molecule has 1 fully saturated rings. The molecule has 0 saturated heterocycles. The summed E-state index contributed by atoms with van der Waals surface area (Å²) >= 11 is 1.60. The zero-order valence-corrected chi connectivity index (χ0v) is 13.8. The quantitative estimate of drug-likeness (QED) is 0.856. The minimum Gasteiger partial charge on any atom is -0.355 e. The molecule has 0 spiro atoms. The molecule has 2 N–H and O–H groups in total. The number of nitrogens with zero attached hydrogens (tertiary/aromatic N) is 1. The number of aromatic nitrogens is 1. The van der Waals surface area contributed by atoms with Gasteiger partial charge in [-0.2, -0.15) is 0 Å². The third kappa shape index (κ3) is 4.39. The maximum atomic E-state index is 11.6. The standard InChI is InChI=1S/C17H19N3O2S/c1-11(21)19-14-6-4-12(5-7-14)15-10-23-16(20-15)8-9-18-17(22)13-2-3-13/h4-7,10,13H,2-3,8-9H2,1H3,(H,18,22)(H,19,21). The number of rotatable bonds is 6. The minimum absolute atomic E-state index is 0.0815. The van der Waals surface area contributed by atoms with Gasteiger partial charge in [-0.1, -0.05) is 12.1 Å². The number of carbonyl (C=O) groups is 2. The Morgan fingerprint density at radius 3 is 2.65 bits per heavy atom. The zero-order valence-electron chi connectivity index (χ0n) is 13.0. The van der Waals surface area contributed by atoms with Gasteiger partial charge in [0.25, 0.3) is 0 Å². The van der Waals surface area contributed by atoms with Crippen LogP contribution in [0.3, 0.4) is 0 Å². The first-order chi connectivity index (χ1) is 11.1. The first kappa shape index (κ1) is 15.7. The Labute approximate surface area is 139 Å². The molecular weight excluding hydrogens is 310 g/mol. The molecule has 1 aliphatic carbocycles. The second kappa shape index (κ2) is 6.91. The van der Waals surface area contributed by atoms with Crippen molar-refractivity contribution in [1.29, 1.82) is 0 Å². The first-order valence-corrected chi connectivity index (χ1v) is 8.60. The van der Waals surface area contributed by atoms with E-state index in [1.165, 1.54) is 6.92 Å². The lowest BCUT2D eigenvalue weighted by molar-refractivity contribution is -0.122. The summed E-state index contributed by atoms with van der Waals surface area (Å²) in [4.78, 5) is 27.2. The van der Waals surface area contributed by atoms with Crippen LogP contribution in [0.2, 0.25) is 0 Å². The first-order valence-electron chi connectivity index (χ1n) is 7.72. The molecule has 0 radical (unpaired) electrons. The van der Waals surface area contributed by atoms with Crippen molar-refractivity contribution in [1.82, 2.24) is 10.3 Å². The van der Waals surface area contributed by atoms with Crippen molar-refractivity contribution in [2.75, 3.05) is 11.9 Å². The normalized spacial score (nSPS) is 13.6. The van der Waals surface area contributed by atoms with Crippen LogP contribution in [0.5, 0.6) is 0 Å². The number of hydrogen-bond acceptors (Lipinski definition) is 4. The van der Waals surface area contributed by atoms with Crippen LogP contribution in [0.25, 0.3) is 11.3 Å². The Kier molecular flexibility index (Phi) is 4.71.